The van der Waals surface area contributed by atoms with Gasteiger partial charge in [-0.3, -0.25) is 0 Å². The highest BCUT2D eigenvalue weighted by Crippen LogP contribution is 2.18. The molecule has 1 aliphatic rings. The van der Waals surface area contributed by atoms with Gasteiger partial charge in [0.15, 0.2) is 0 Å². The fourth-order valence-corrected chi connectivity index (χ4v) is 3.83. The van der Waals surface area contributed by atoms with Crippen LogP contribution in [0.25, 0.3) is 0 Å². The zero-order valence-electron chi connectivity index (χ0n) is 15.6. The van der Waals surface area contributed by atoms with Crippen molar-refractivity contribution >= 4 is 0 Å². The molecule has 0 N–H and O–H groups in total. The number of hydrogen-bond donors (Lipinski definition) is 0. The van der Waals surface area contributed by atoms with Crippen molar-refractivity contribution in [3.8, 4) is 0 Å². The second-order valence-electron chi connectivity index (χ2n) is 7.74. The molecule has 22 heavy (non-hydrogen) atoms. The van der Waals surface area contributed by atoms with Gasteiger partial charge in [-0.05, 0) is 32.1 Å². The first-order valence-electron chi connectivity index (χ1n) is 10.1. The third kappa shape index (κ3) is 11.9. The van der Waals surface area contributed by atoms with Crippen LogP contribution < -0.4 is 17.0 Å². The molecule has 0 spiro atoms. The molecule has 0 bridgehead atoms. The lowest BCUT2D eigenvalue weighted by atomic mass is 10.0. The van der Waals surface area contributed by atoms with E-state index >= 15 is 0 Å². The number of nitrogens with zero attached hydrogens (tertiary/aromatic N) is 1. The van der Waals surface area contributed by atoms with Crippen molar-refractivity contribution in [2.24, 2.45) is 0 Å². The van der Waals surface area contributed by atoms with E-state index in [9.17, 15) is 0 Å². The minimum atomic E-state index is 0. The third-order valence-corrected chi connectivity index (χ3v) is 5.45. The number of halogens is 1. The summed E-state index contributed by atoms with van der Waals surface area (Å²) in [6.07, 6.45) is 22.0. The molecule has 0 aromatic carbocycles. The van der Waals surface area contributed by atoms with E-state index in [1.54, 1.807) is 0 Å². The Morgan fingerprint density at radius 3 is 1.45 bits per heavy atom. The molecule has 1 heterocycles. The molecule has 1 fully saturated rings. The lowest BCUT2D eigenvalue weighted by Crippen LogP contribution is -3.00. The SMILES string of the molecule is CCCCCCCCCCCCCC[N+]1(C)CCCCC1.[Br-]. The fraction of sp³-hybridized carbons (Fsp3) is 1.00. The summed E-state index contributed by atoms with van der Waals surface area (Å²) in [4.78, 5) is 0. The molecule has 1 saturated heterocycles. The predicted molar refractivity (Wildman–Crippen MR) is 95.7 cm³/mol. The number of rotatable bonds is 13. The molecule has 2 heteroatoms. The van der Waals surface area contributed by atoms with Gasteiger partial charge in [-0.25, -0.2) is 0 Å². The number of piperidine rings is 1. The predicted octanol–water partition coefficient (Wildman–Crippen LogP) is 3.32. The summed E-state index contributed by atoms with van der Waals surface area (Å²) < 4.78 is 1.37. The van der Waals surface area contributed by atoms with Crippen LogP contribution in [0.4, 0.5) is 0 Å². The van der Waals surface area contributed by atoms with Crippen molar-refractivity contribution in [1.82, 2.24) is 0 Å². The van der Waals surface area contributed by atoms with Crippen LogP contribution in [0.15, 0.2) is 0 Å². The molecule has 1 rings (SSSR count). The van der Waals surface area contributed by atoms with Gasteiger partial charge in [0, 0.05) is 0 Å². The highest BCUT2D eigenvalue weighted by molar-refractivity contribution is 4.53. The summed E-state index contributed by atoms with van der Waals surface area (Å²) in [7, 11) is 2.48. The third-order valence-electron chi connectivity index (χ3n) is 5.45. The van der Waals surface area contributed by atoms with Crippen molar-refractivity contribution in [3.63, 3.8) is 0 Å². The van der Waals surface area contributed by atoms with E-state index in [1.807, 2.05) is 0 Å². The first-order chi connectivity index (χ1) is 10.3. The monoisotopic (exact) mass is 375 g/mol. The molecule has 0 aromatic heterocycles. The first-order valence-corrected chi connectivity index (χ1v) is 10.1. The molecule has 134 valence electrons. The Labute approximate surface area is 151 Å². The number of quaternary nitrogens is 1. The van der Waals surface area contributed by atoms with E-state index in [4.69, 9.17) is 0 Å². The Kier molecular flexibility index (Phi) is 15.3. The van der Waals surface area contributed by atoms with E-state index in [0.717, 1.165) is 0 Å². The summed E-state index contributed by atoms with van der Waals surface area (Å²) in [5.41, 5.74) is 0. The van der Waals surface area contributed by atoms with E-state index in [0.29, 0.717) is 0 Å². The molecule has 0 amide bonds. The van der Waals surface area contributed by atoms with Crippen LogP contribution in [0.3, 0.4) is 0 Å². The largest absolute Gasteiger partial charge is 1.00 e. The van der Waals surface area contributed by atoms with Gasteiger partial charge in [0.1, 0.15) is 0 Å². The Morgan fingerprint density at radius 1 is 0.591 bits per heavy atom. The topological polar surface area (TPSA) is 0 Å². The van der Waals surface area contributed by atoms with Crippen LogP contribution in [0.5, 0.6) is 0 Å². The lowest BCUT2D eigenvalue weighted by Gasteiger charge is -2.37. The minimum absolute atomic E-state index is 0. The first kappa shape index (κ1) is 22.4. The molecule has 0 radical (unpaired) electrons. The standard InChI is InChI=1S/C20H42N.BrH/c1-3-4-5-6-7-8-9-10-11-12-13-15-18-21(2)19-16-14-17-20-21;/h3-20H2,1-2H3;1H/q+1;/p-1. The molecule has 0 atom stereocenters. The molecule has 0 aliphatic carbocycles. The molecule has 0 aromatic rings. The second-order valence-corrected chi connectivity index (χ2v) is 7.74. The average molecular weight is 376 g/mol. The zero-order valence-corrected chi connectivity index (χ0v) is 17.1. The molecule has 1 aliphatic heterocycles. The van der Waals surface area contributed by atoms with Crippen molar-refractivity contribution in [2.45, 2.75) is 103 Å². The lowest BCUT2D eigenvalue weighted by molar-refractivity contribution is -0.914. The van der Waals surface area contributed by atoms with Crippen LogP contribution in [-0.4, -0.2) is 31.2 Å². The van der Waals surface area contributed by atoms with E-state index in [1.165, 1.54) is 120 Å². The van der Waals surface area contributed by atoms with Gasteiger partial charge in [-0.2, -0.15) is 0 Å². The second kappa shape index (κ2) is 15.0. The Balaban J connectivity index is 0.00000441. The maximum absolute atomic E-state index is 2.48. The minimum Gasteiger partial charge on any atom is -1.00 e. The summed E-state index contributed by atoms with van der Waals surface area (Å²) in [5.74, 6) is 0. The molecular formula is C20H42BrN. The van der Waals surface area contributed by atoms with Crippen LogP contribution >= 0.6 is 0 Å². The van der Waals surface area contributed by atoms with Gasteiger partial charge in [0.2, 0.25) is 0 Å². The number of hydrogen-bond acceptors (Lipinski definition) is 0. The van der Waals surface area contributed by atoms with E-state index < -0.39 is 0 Å². The van der Waals surface area contributed by atoms with Gasteiger partial charge in [0.05, 0.1) is 26.7 Å². The number of likely N-dealkylation sites (tertiary alicyclic amines) is 1. The highest BCUT2D eigenvalue weighted by atomic mass is 79.9. The fourth-order valence-electron chi connectivity index (χ4n) is 3.83. The normalized spacial score (nSPS) is 17.2. The van der Waals surface area contributed by atoms with Crippen LogP contribution in [-0.2, 0) is 0 Å². The number of unbranched alkanes of at least 4 members (excludes halogenated alkanes) is 11. The molecular weight excluding hydrogens is 334 g/mol. The van der Waals surface area contributed by atoms with Gasteiger partial charge in [-0.1, -0.05) is 71.1 Å². The van der Waals surface area contributed by atoms with Crippen molar-refractivity contribution < 1.29 is 21.5 Å². The highest BCUT2D eigenvalue weighted by Gasteiger charge is 2.23. The quantitative estimate of drug-likeness (QED) is 0.342. The smallest absolute Gasteiger partial charge is 0.0784 e. The van der Waals surface area contributed by atoms with Crippen molar-refractivity contribution in [2.75, 3.05) is 26.7 Å². The summed E-state index contributed by atoms with van der Waals surface area (Å²) >= 11 is 0. The van der Waals surface area contributed by atoms with E-state index in [2.05, 4.69) is 14.0 Å². The maximum atomic E-state index is 2.48. The Morgan fingerprint density at radius 2 is 1.00 bits per heavy atom. The molecule has 1 nitrogen and oxygen atoms in total. The van der Waals surface area contributed by atoms with Crippen LogP contribution in [0.1, 0.15) is 103 Å². The zero-order chi connectivity index (χ0) is 15.2. The summed E-state index contributed by atoms with van der Waals surface area (Å²) in [6, 6.07) is 0. The van der Waals surface area contributed by atoms with Gasteiger partial charge < -0.3 is 21.5 Å². The van der Waals surface area contributed by atoms with Crippen molar-refractivity contribution in [1.29, 1.82) is 0 Å². The summed E-state index contributed by atoms with van der Waals surface area (Å²) in [5, 5.41) is 0. The van der Waals surface area contributed by atoms with Crippen molar-refractivity contribution in [3.05, 3.63) is 0 Å². The van der Waals surface area contributed by atoms with Gasteiger partial charge in [-0.15, -0.1) is 0 Å². The van der Waals surface area contributed by atoms with Crippen LogP contribution in [0.2, 0.25) is 0 Å². The van der Waals surface area contributed by atoms with Gasteiger partial charge >= 0.3 is 0 Å². The van der Waals surface area contributed by atoms with Crippen LogP contribution in [0, 0.1) is 0 Å². The average Bonchev–Trinajstić information content (AvgIpc) is 2.49. The summed E-state index contributed by atoms with van der Waals surface area (Å²) in [6.45, 7) is 6.63. The molecule has 0 saturated carbocycles. The van der Waals surface area contributed by atoms with Gasteiger partial charge in [0.25, 0.3) is 0 Å². The Bertz CT molecular complexity index is 224. The Hall–Kier alpha value is 0.440. The molecule has 0 unspecified atom stereocenters. The van der Waals surface area contributed by atoms with E-state index in [-0.39, 0.29) is 17.0 Å². The maximum Gasteiger partial charge on any atom is 0.0784 e.